The van der Waals surface area contributed by atoms with E-state index >= 15 is 0 Å². The third-order valence-corrected chi connectivity index (χ3v) is 3.46. The first-order valence-electron chi connectivity index (χ1n) is 6.92. The molecule has 0 spiro atoms. The number of hydrogen-bond acceptors (Lipinski definition) is 4. The van der Waals surface area contributed by atoms with Gasteiger partial charge >= 0.3 is 0 Å². The van der Waals surface area contributed by atoms with Gasteiger partial charge in [0.2, 0.25) is 0 Å². The molecule has 0 amide bonds. The summed E-state index contributed by atoms with van der Waals surface area (Å²) in [5, 5.41) is 0. The molecule has 0 atom stereocenters. The molecule has 1 aliphatic carbocycles. The molecule has 0 bridgehead atoms. The van der Waals surface area contributed by atoms with E-state index in [0.717, 1.165) is 25.7 Å². The van der Waals surface area contributed by atoms with Gasteiger partial charge in [-0.1, -0.05) is 6.42 Å². The molecule has 104 valence electrons. The van der Waals surface area contributed by atoms with Gasteiger partial charge in [-0.2, -0.15) is 0 Å². The van der Waals surface area contributed by atoms with Crippen molar-refractivity contribution < 1.29 is 9.13 Å². The van der Waals surface area contributed by atoms with E-state index < -0.39 is 5.82 Å². The van der Waals surface area contributed by atoms with Crippen LogP contribution in [0.1, 0.15) is 32.1 Å². The molecule has 2 heterocycles. The minimum Gasteiger partial charge on any atom is -0.472 e. The van der Waals surface area contributed by atoms with Crippen LogP contribution in [0.4, 0.5) is 4.39 Å². The lowest BCUT2D eigenvalue weighted by molar-refractivity contribution is 0.142. The lowest BCUT2D eigenvalue weighted by atomic mass is 9.98. The summed E-state index contributed by atoms with van der Waals surface area (Å²) in [6.07, 6.45) is 10.3. The number of hydrogen-bond donors (Lipinski definition) is 0. The highest BCUT2D eigenvalue weighted by Gasteiger charge is 2.18. The number of aromatic nitrogens is 3. The summed E-state index contributed by atoms with van der Waals surface area (Å²) in [5.41, 5.74) is 0.555. The molecule has 1 fully saturated rings. The lowest BCUT2D eigenvalue weighted by Gasteiger charge is -2.22. The molecule has 0 saturated heterocycles. The Bertz CT molecular complexity index is 571. The van der Waals surface area contributed by atoms with Crippen molar-refractivity contribution in [3.8, 4) is 17.3 Å². The summed E-state index contributed by atoms with van der Waals surface area (Å²) < 4.78 is 19.7. The number of pyridine rings is 1. The quantitative estimate of drug-likeness (QED) is 0.860. The summed E-state index contributed by atoms with van der Waals surface area (Å²) in [4.78, 5) is 12.2. The van der Waals surface area contributed by atoms with Crippen molar-refractivity contribution in [1.29, 1.82) is 0 Å². The Hall–Kier alpha value is -2.04. The van der Waals surface area contributed by atoms with Crippen LogP contribution in [-0.2, 0) is 0 Å². The summed E-state index contributed by atoms with van der Waals surface area (Å²) in [5.74, 6) is 0.0835. The van der Waals surface area contributed by atoms with Gasteiger partial charge in [-0.3, -0.25) is 0 Å². The zero-order valence-electron chi connectivity index (χ0n) is 11.1. The maximum absolute atomic E-state index is 14.0. The second-order valence-corrected chi connectivity index (χ2v) is 4.96. The average molecular weight is 273 g/mol. The normalized spacial score (nSPS) is 16.1. The molecule has 20 heavy (non-hydrogen) atoms. The summed E-state index contributed by atoms with van der Waals surface area (Å²) in [6, 6.07) is 3.09. The van der Waals surface area contributed by atoms with Crippen molar-refractivity contribution >= 4 is 0 Å². The van der Waals surface area contributed by atoms with Crippen LogP contribution in [0.25, 0.3) is 11.4 Å². The topological polar surface area (TPSA) is 47.9 Å². The minimum absolute atomic E-state index is 0.0802. The molecule has 1 aliphatic rings. The highest BCUT2D eigenvalue weighted by Crippen LogP contribution is 2.25. The van der Waals surface area contributed by atoms with E-state index in [1.54, 1.807) is 24.7 Å². The van der Waals surface area contributed by atoms with Gasteiger partial charge in [-0.15, -0.1) is 0 Å². The van der Waals surface area contributed by atoms with Gasteiger partial charge < -0.3 is 4.74 Å². The van der Waals surface area contributed by atoms with Crippen molar-refractivity contribution in [2.24, 2.45) is 0 Å². The number of rotatable bonds is 3. The van der Waals surface area contributed by atoms with E-state index in [0.29, 0.717) is 11.4 Å². The number of ether oxygens (including phenoxy) is 1. The Kier molecular flexibility index (Phi) is 3.85. The molecule has 2 aromatic heterocycles. The Morgan fingerprint density at radius 1 is 1.05 bits per heavy atom. The zero-order valence-corrected chi connectivity index (χ0v) is 11.1. The van der Waals surface area contributed by atoms with Crippen LogP contribution in [0.5, 0.6) is 5.88 Å². The molecule has 5 heteroatoms. The van der Waals surface area contributed by atoms with E-state index in [1.807, 2.05) is 0 Å². The predicted octanol–water partition coefficient (Wildman–Crippen LogP) is 3.39. The molecule has 0 N–H and O–H groups in total. The molecule has 0 radical (unpaired) electrons. The first kappa shape index (κ1) is 13.0. The molecule has 3 rings (SSSR count). The molecule has 2 aromatic rings. The first-order valence-corrected chi connectivity index (χ1v) is 6.92. The highest BCUT2D eigenvalue weighted by molar-refractivity contribution is 5.53. The lowest BCUT2D eigenvalue weighted by Crippen LogP contribution is -2.20. The number of halogens is 1. The minimum atomic E-state index is -0.458. The fourth-order valence-electron chi connectivity index (χ4n) is 2.42. The van der Waals surface area contributed by atoms with E-state index in [2.05, 4.69) is 15.0 Å². The fraction of sp³-hybridized carbons (Fsp3) is 0.400. The molecule has 1 saturated carbocycles. The molecule has 0 aromatic carbocycles. The van der Waals surface area contributed by atoms with Crippen LogP contribution < -0.4 is 4.74 Å². The van der Waals surface area contributed by atoms with Crippen LogP contribution in [0.15, 0.2) is 30.7 Å². The highest BCUT2D eigenvalue weighted by atomic mass is 19.1. The van der Waals surface area contributed by atoms with Gasteiger partial charge in [0.25, 0.3) is 5.88 Å². The number of nitrogens with zero attached hydrogens (tertiary/aromatic N) is 3. The Balaban J connectivity index is 1.77. The Morgan fingerprint density at radius 3 is 2.50 bits per heavy atom. The molecule has 4 nitrogen and oxygen atoms in total. The summed E-state index contributed by atoms with van der Waals surface area (Å²) in [7, 11) is 0. The van der Waals surface area contributed by atoms with Crippen LogP contribution >= 0.6 is 0 Å². The van der Waals surface area contributed by atoms with E-state index in [4.69, 9.17) is 4.74 Å². The first-order chi connectivity index (χ1) is 9.83. The molecular weight excluding hydrogens is 257 g/mol. The second-order valence-electron chi connectivity index (χ2n) is 4.96. The van der Waals surface area contributed by atoms with Gasteiger partial charge in [0.1, 0.15) is 6.10 Å². The van der Waals surface area contributed by atoms with E-state index in [9.17, 15) is 4.39 Å². The van der Waals surface area contributed by atoms with Crippen LogP contribution in [0.3, 0.4) is 0 Å². The SMILES string of the molecule is Fc1cc(-c2ncccn2)cnc1OC1CCCCC1. The van der Waals surface area contributed by atoms with Crippen LogP contribution in [0, 0.1) is 5.82 Å². The van der Waals surface area contributed by atoms with Gasteiger partial charge in [0.15, 0.2) is 11.6 Å². The molecular formula is C15H16FN3O. The monoisotopic (exact) mass is 273 g/mol. The third kappa shape index (κ3) is 2.92. The van der Waals surface area contributed by atoms with Gasteiger partial charge in [-0.25, -0.2) is 19.3 Å². The molecule has 0 aliphatic heterocycles. The second kappa shape index (κ2) is 5.94. The smallest absolute Gasteiger partial charge is 0.250 e. The van der Waals surface area contributed by atoms with Crippen LogP contribution in [0.2, 0.25) is 0 Å². The van der Waals surface area contributed by atoms with E-state index in [1.165, 1.54) is 12.5 Å². The largest absolute Gasteiger partial charge is 0.472 e. The maximum atomic E-state index is 14.0. The fourth-order valence-corrected chi connectivity index (χ4v) is 2.42. The Morgan fingerprint density at radius 2 is 1.80 bits per heavy atom. The predicted molar refractivity (Wildman–Crippen MR) is 72.7 cm³/mol. The summed E-state index contributed by atoms with van der Waals surface area (Å²) in [6.45, 7) is 0. The van der Waals surface area contributed by atoms with E-state index in [-0.39, 0.29) is 12.0 Å². The van der Waals surface area contributed by atoms with Crippen LogP contribution in [-0.4, -0.2) is 21.1 Å². The zero-order chi connectivity index (χ0) is 13.8. The van der Waals surface area contributed by atoms with Crippen molar-refractivity contribution in [3.63, 3.8) is 0 Å². The Labute approximate surface area is 117 Å². The van der Waals surface area contributed by atoms with Gasteiger partial charge in [-0.05, 0) is 37.8 Å². The van der Waals surface area contributed by atoms with Crippen molar-refractivity contribution in [2.75, 3.05) is 0 Å². The molecule has 0 unspecified atom stereocenters. The maximum Gasteiger partial charge on any atom is 0.250 e. The van der Waals surface area contributed by atoms with Crippen molar-refractivity contribution in [1.82, 2.24) is 15.0 Å². The third-order valence-electron chi connectivity index (χ3n) is 3.46. The van der Waals surface area contributed by atoms with Gasteiger partial charge in [0, 0.05) is 24.2 Å². The summed E-state index contributed by atoms with van der Waals surface area (Å²) >= 11 is 0. The van der Waals surface area contributed by atoms with Crippen molar-refractivity contribution in [2.45, 2.75) is 38.2 Å². The average Bonchev–Trinajstić information content (AvgIpc) is 2.51. The standard InChI is InChI=1S/C15H16FN3O/c16-13-9-11(14-17-7-4-8-18-14)10-19-15(13)20-12-5-2-1-3-6-12/h4,7-10,12H,1-3,5-6H2. The van der Waals surface area contributed by atoms with Crippen molar-refractivity contribution in [3.05, 3.63) is 36.5 Å². The van der Waals surface area contributed by atoms with Gasteiger partial charge in [0.05, 0.1) is 0 Å².